The minimum absolute atomic E-state index is 0.577. The van der Waals surface area contributed by atoms with E-state index in [0.29, 0.717) is 5.92 Å². The molecule has 0 fully saturated rings. The van der Waals surface area contributed by atoms with Gasteiger partial charge in [-0.2, -0.15) is 0 Å². The lowest BCUT2D eigenvalue weighted by molar-refractivity contribution is 0.406. The zero-order valence-corrected chi connectivity index (χ0v) is 13.7. The van der Waals surface area contributed by atoms with Gasteiger partial charge in [0.2, 0.25) is 0 Å². The molecule has 0 bridgehead atoms. The van der Waals surface area contributed by atoms with Crippen LogP contribution in [0.25, 0.3) is 0 Å². The van der Waals surface area contributed by atoms with Gasteiger partial charge >= 0.3 is 0 Å². The Balaban J connectivity index is 2.09. The topological polar surface area (TPSA) is 9.23 Å². The molecule has 2 aromatic carbocycles. The molecule has 0 aromatic heterocycles. The average Bonchev–Trinajstić information content (AvgIpc) is 2.47. The van der Waals surface area contributed by atoms with Crippen molar-refractivity contribution < 1.29 is 4.74 Å². The Hall–Kier alpha value is -1.28. The predicted molar refractivity (Wildman–Crippen MR) is 88.9 cm³/mol. The smallest absolute Gasteiger partial charge is 0.122 e. The van der Waals surface area contributed by atoms with Crippen molar-refractivity contribution in [2.24, 2.45) is 5.92 Å². The van der Waals surface area contributed by atoms with Crippen LogP contribution in [0.1, 0.15) is 16.7 Å². The first kappa shape index (κ1) is 15.1. The molecule has 2 rings (SSSR count). The molecule has 0 aliphatic heterocycles. The number of para-hydroxylation sites is 1. The van der Waals surface area contributed by atoms with Crippen molar-refractivity contribution in [3.8, 4) is 5.75 Å². The van der Waals surface area contributed by atoms with Crippen molar-refractivity contribution in [3.63, 3.8) is 0 Å². The number of hydrogen-bond acceptors (Lipinski definition) is 1. The van der Waals surface area contributed by atoms with Crippen LogP contribution in [-0.2, 0) is 12.8 Å². The lowest BCUT2D eigenvalue weighted by Gasteiger charge is -2.16. The first-order valence-corrected chi connectivity index (χ1v) is 8.08. The van der Waals surface area contributed by atoms with E-state index < -0.39 is 0 Å². The minimum atomic E-state index is 0.577. The van der Waals surface area contributed by atoms with Crippen molar-refractivity contribution in [1.82, 2.24) is 0 Å². The van der Waals surface area contributed by atoms with E-state index in [1.165, 1.54) is 16.7 Å². The fourth-order valence-electron chi connectivity index (χ4n) is 2.54. The van der Waals surface area contributed by atoms with Crippen LogP contribution >= 0.6 is 15.9 Å². The van der Waals surface area contributed by atoms with Crippen molar-refractivity contribution in [2.75, 3.05) is 12.4 Å². The summed E-state index contributed by atoms with van der Waals surface area (Å²) < 4.78 is 5.44. The second-order valence-corrected chi connectivity index (χ2v) is 5.88. The molecule has 0 aliphatic carbocycles. The van der Waals surface area contributed by atoms with Crippen LogP contribution in [0.15, 0.2) is 48.5 Å². The molecule has 2 heteroatoms. The molecule has 0 N–H and O–H groups in total. The van der Waals surface area contributed by atoms with E-state index in [0.717, 1.165) is 23.9 Å². The van der Waals surface area contributed by atoms with Gasteiger partial charge in [-0.05, 0) is 42.9 Å². The van der Waals surface area contributed by atoms with E-state index in [4.69, 9.17) is 4.74 Å². The third-order valence-corrected chi connectivity index (χ3v) is 4.44. The standard InChI is InChI=1S/C18H21BrO/c1-14-6-5-7-15(10-14)11-16(13-19)12-17-8-3-4-9-18(17)20-2/h3-10,16H,11-13H2,1-2H3. The van der Waals surface area contributed by atoms with Gasteiger partial charge in [0.05, 0.1) is 7.11 Å². The second-order valence-electron chi connectivity index (χ2n) is 5.23. The number of aryl methyl sites for hydroxylation is 1. The summed E-state index contributed by atoms with van der Waals surface area (Å²) in [6.45, 7) is 2.15. The third kappa shape index (κ3) is 4.11. The Bertz CT molecular complexity index is 551. The molecule has 0 saturated carbocycles. The molecule has 2 aromatic rings. The minimum Gasteiger partial charge on any atom is -0.496 e. The van der Waals surface area contributed by atoms with Gasteiger partial charge in [-0.1, -0.05) is 64.0 Å². The van der Waals surface area contributed by atoms with E-state index >= 15 is 0 Å². The summed E-state index contributed by atoms with van der Waals surface area (Å²) >= 11 is 3.66. The largest absolute Gasteiger partial charge is 0.496 e. The Morgan fingerprint density at radius 1 is 1.05 bits per heavy atom. The lowest BCUT2D eigenvalue weighted by atomic mass is 9.93. The molecule has 20 heavy (non-hydrogen) atoms. The van der Waals surface area contributed by atoms with Crippen molar-refractivity contribution >= 4 is 15.9 Å². The Labute approximate surface area is 130 Å². The van der Waals surface area contributed by atoms with Crippen LogP contribution in [0, 0.1) is 12.8 Å². The molecular weight excluding hydrogens is 312 g/mol. The molecule has 106 valence electrons. The van der Waals surface area contributed by atoms with E-state index in [1.807, 2.05) is 12.1 Å². The molecule has 0 spiro atoms. The number of hydrogen-bond donors (Lipinski definition) is 0. The number of ether oxygens (including phenoxy) is 1. The van der Waals surface area contributed by atoms with Gasteiger partial charge in [0.1, 0.15) is 5.75 Å². The molecule has 0 amide bonds. The maximum absolute atomic E-state index is 5.44. The van der Waals surface area contributed by atoms with Crippen molar-refractivity contribution in [2.45, 2.75) is 19.8 Å². The van der Waals surface area contributed by atoms with E-state index in [-0.39, 0.29) is 0 Å². The summed E-state index contributed by atoms with van der Waals surface area (Å²) in [5, 5.41) is 0.999. The van der Waals surface area contributed by atoms with Gasteiger partial charge in [0.25, 0.3) is 0 Å². The van der Waals surface area contributed by atoms with E-state index in [1.54, 1.807) is 7.11 Å². The highest BCUT2D eigenvalue weighted by Crippen LogP contribution is 2.24. The fourth-order valence-corrected chi connectivity index (χ4v) is 2.99. The number of alkyl halides is 1. The highest BCUT2D eigenvalue weighted by Gasteiger charge is 2.12. The van der Waals surface area contributed by atoms with Crippen LogP contribution < -0.4 is 4.74 Å². The summed E-state index contributed by atoms with van der Waals surface area (Å²) in [6.07, 6.45) is 2.12. The SMILES string of the molecule is COc1ccccc1CC(CBr)Cc1cccc(C)c1. The van der Waals surface area contributed by atoms with Crippen LogP contribution in [0.3, 0.4) is 0 Å². The lowest BCUT2D eigenvalue weighted by Crippen LogP contribution is -2.10. The van der Waals surface area contributed by atoms with E-state index in [2.05, 4.69) is 59.3 Å². The molecule has 0 radical (unpaired) electrons. The number of benzene rings is 2. The van der Waals surface area contributed by atoms with Crippen LogP contribution in [0.4, 0.5) is 0 Å². The quantitative estimate of drug-likeness (QED) is 0.690. The summed E-state index contributed by atoms with van der Waals surface area (Å²) in [7, 11) is 1.74. The molecule has 0 heterocycles. The molecular formula is C18H21BrO. The van der Waals surface area contributed by atoms with Gasteiger partial charge in [-0.3, -0.25) is 0 Å². The average molecular weight is 333 g/mol. The first-order valence-electron chi connectivity index (χ1n) is 6.96. The van der Waals surface area contributed by atoms with Gasteiger partial charge < -0.3 is 4.74 Å². The first-order chi connectivity index (χ1) is 9.72. The van der Waals surface area contributed by atoms with Crippen LogP contribution in [0.5, 0.6) is 5.75 Å². The second kappa shape index (κ2) is 7.49. The Morgan fingerprint density at radius 3 is 2.55 bits per heavy atom. The highest BCUT2D eigenvalue weighted by atomic mass is 79.9. The van der Waals surface area contributed by atoms with Gasteiger partial charge in [-0.15, -0.1) is 0 Å². The van der Waals surface area contributed by atoms with Crippen molar-refractivity contribution in [3.05, 3.63) is 65.2 Å². The summed E-state index contributed by atoms with van der Waals surface area (Å²) in [4.78, 5) is 0. The molecule has 1 nitrogen and oxygen atoms in total. The zero-order chi connectivity index (χ0) is 14.4. The molecule has 0 saturated heterocycles. The molecule has 1 unspecified atom stereocenters. The van der Waals surface area contributed by atoms with Crippen LogP contribution in [0.2, 0.25) is 0 Å². The van der Waals surface area contributed by atoms with E-state index in [9.17, 15) is 0 Å². The molecule has 1 atom stereocenters. The Morgan fingerprint density at radius 2 is 1.85 bits per heavy atom. The maximum atomic E-state index is 5.44. The summed E-state index contributed by atoms with van der Waals surface area (Å²) in [6, 6.07) is 17.1. The third-order valence-electron chi connectivity index (χ3n) is 3.53. The van der Waals surface area contributed by atoms with Crippen molar-refractivity contribution in [1.29, 1.82) is 0 Å². The van der Waals surface area contributed by atoms with Gasteiger partial charge in [0.15, 0.2) is 0 Å². The monoisotopic (exact) mass is 332 g/mol. The number of halogens is 1. The Kier molecular flexibility index (Phi) is 5.66. The normalized spacial score (nSPS) is 12.2. The van der Waals surface area contributed by atoms with Gasteiger partial charge in [-0.25, -0.2) is 0 Å². The predicted octanol–water partition coefficient (Wildman–Crippen LogP) is 4.80. The highest BCUT2D eigenvalue weighted by molar-refractivity contribution is 9.09. The number of rotatable bonds is 6. The zero-order valence-electron chi connectivity index (χ0n) is 12.1. The maximum Gasteiger partial charge on any atom is 0.122 e. The fraction of sp³-hybridized carbons (Fsp3) is 0.333. The van der Waals surface area contributed by atoms with Crippen LogP contribution in [-0.4, -0.2) is 12.4 Å². The summed E-state index contributed by atoms with van der Waals surface area (Å²) in [5.74, 6) is 1.57. The molecule has 0 aliphatic rings. The van der Waals surface area contributed by atoms with Gasteiger partial charge in [0, 0.05) is 5.33 Å². The summed E-state index contributed by atoms with van der Waals surface area (Å²) in [5.41, 5.74) is 4.02. The number of methoxy groups -OCH3 is 1.